The van der Waals surface area contributed by atoms with Gasteiger partial charge in [-0.2, -0.15) is 0 Å². The SMILES string of the molecule is CCCCc1cc(C(C)(C)C)c(O)c(C(C)(C)C)c1.CCc1cc(C(C)(C)C)c(O)c(C(C)(C)C)c1. The normalized spacial score (nSPS) is 12.8. The van der Waals surface area contributed by atoms with E-state index in [1.54, 1.807) is 0 Å². The van der Waals surface area contributed by atoms with E-state index < -0.39 is 0 Å². The van der Waals surface area contributed by atoms with Crippen LogP contribution in [0.3, 0.4) is 0 Å². The lowest BCUT2D eigenvalue weighted by molar-refractivity contribution is 0.421. The predicted octanol–water partition coefficient (Wildman–Crippen LogP) is 9.88. The maximum atomic E-state index is 10.6. The first-order valence-corrected chi connectivity index (χ1v) is 13.9. The van der Waals surface area contributed by atoms with Crippen LogP contribution in [0, 0.1) is 0 Å². The topological polar surface area (TPSA) is 40.5 Å². The minimum absolute atomic E-state index is 0.0186. The molecule has 2 rings (SSSR count). The van der Waals surface area contributed by atoms with E-state index in [0.29, 0.717) is 11.5 Å². The zero-order valence-corrected chi connectivity index (χ0v) is 26.0. The number of hydrogen-bond donors (Lipinski definition) is 2. The molecule has 0 radical (unpaired) electrons. The molecule has 0 saturated heterocycles. The van der Waals surface area contributed by atoms with Gasteiger partial charge in [0.2, 0.25) is 0 Å². The van der Waals surface area contributed by atoms with E-state index in [2.05, 4.69) is 121 Å². The molecule has 0 aliphatic heterocycles. The summed E-state index contributed by atoms with van der Waals surface area (Å²) in [7, 11) is 0. The number of benzene rings is 2. The van der Waals surface area contributed by atoms with E-state index in [0.717, 1.165) is 35.1 Å². The minimum atomic E-state index is -0.0215. The summed E-state index contributed by atoms with van der Waals surface area (Å²) in [6, 6.07) is 8.68. The molecule has 36 heavy (non-hydrogen) atoms. The van der Waals surface area contributed by atoms with E-state index in [-0.39, 0.29) is 21.7 Å². The van der Waals surface area contributed by atoms with Gasteiger partial charge in [-0.05, 0) is 74.3 Å². The number of rotatable bonds is 4. The molecule has 204 valence electrons. The van der Waals surface area contributed by atoms with E-state index >= 15 is 0 Å². The van der Waals surface area contributed by atoms with Crippen molar-refractivity contribution in [3.63, 3.8) is 0 Å². The lowest BCUT2D eigenvalue weighted by Gasteiger charge is -2.28. The first-order chi connectivity index (χ1) is 16.1. The van der Waals surface area contributed by atoms with Crippen LogP contribution >= 0.6 is 0 Å². The number of phenolic OH excluding ortho intramolecular Hbond substituents is 2. The van der Waals surface area contributed by atoms with Gasteiger partial charge in [0, 0.05) is 0 Å². The van der Waals surface area contributed by atoms with E-state index in [1.807, 2.05) is 0 Å². The van der Waals surface area contributed by atoms with Crippen LogP contribution in [0.25, 0.3) is 0 Å². The fourth-order valence-corrected chi connectivity index (χ4v) is 4.40. The van der Waals surface area contributed by atoms with Gasteiger partial charge in [0.15, 0.2) is 0 Å². The lowest BCUT2D eigenvalue weighted by atomic mass is 9.78. The number of aromatic hydroxyl groups is 2. The fraction of sp³-hybridized carbons (Fsp3) is 0.647. The predicted molar refractivity (Wildman–Crippen MR) is 159 cm³/mol. The van der Waals surface area contributed by atoms with E-state index in [9.17, 15) is 10.2 Å². The Balaban J connectivity index is 0.000000362. The molecular formula is C34H56O2. The molecule has 2 aromatic carbocycles. The molecule has 0 aliphatic rings. The number of unbranched alkanes of at least 4 members (excludes halogenated alkanes) is 1. The molecule has 0 spiro atoms. The standard InChI is InChI=1S/C18H30O.C16H26O/c1-8-9-10-13-11-14(17(2,3)4)16(19)15(12-13)18(5,6)7;1-8-11-9-12(15(2,3)4)14(17)13(10-11)16(5,6)7/h11-12,19H,8-10H2,1-7H3;9-10,17H,8H2,1-7H3. The van der Waals surface area contributed by atoms with Crippen LogP contribution in [0.1, 0.15) is 143 Å². The van der Waals surface area contributed by atoms with Gasteiger partial charge < -0.3 is 10.2 Å². The summed E-state index contributed by atoms with van der Waals surface area (Å²) in [6.07, 6.45) is 4.52. The molecule has 2 nitrogen and oxygen atoms in total. The highest BCUT2D eigenvalue weighted by molar-refractivity contribution is 5.51. The summed E-state index contributed by atoms with van der Waals surface area (Å²) in [5, 5.41) is 21.1. The second-order valence-corrected chi connectivity index (χ2v) is 14.5. The maximum absolute atomic E-state index is 10.6. The molecule has 2 heteroatoms. The quantitative estimate of drug-likeness (QED) is 0.442. The van der Waals surface area contributed by atoms with Gasteiger partial charge in [-0.1, -0.05) is 128 Å². The van der Waals surface area contributed by atoms with Crippen LogP contribution in [-0.2, 0) is 34.5 Å². The third kappa shape index (κ3) is 8.56. The lowest BCUT2D eigenvalue weighted by Crippen LogP contribution is -2.17. The summed E-state index contributed by atoms with van der Waals surface area (Å²) in [6.45, 7) is 30.2. The summed E-state index contributed by atoms with van der Waals surface area (Å²) < 4.78 is 0. The Morgan fingerprint density at radius 2 is 0.778 bits per heavy atom. The van der Waals surface area contributed by atoms with E-state index in [1.165, 1.54) is 24.0 Å². The first kappa shape index (κ1) is 32.1. The molecule has 0 aromatic heterocycles. The first-order valence-electron chi connectivity index (χ1n) is 13.9. The Bertz CT molecular complexity index is 929. The monoisotopic (exact) mass is 496 g/mol. The second kappa shape index (κ2) is 11.6. The average molecular weight is 497 g/mol. The molecule has 0 amide bonds. The van der Waals surface area contributed by atoms with Gasteiger partial charge in [0.25, 0.3) is 0 Å². The highest BCUT2D eigenvalue weighted by atomic mass is 16.3. The van der Waals surface area contributed by atoms with Crippen molar-refractivity contribution in [2.45, 2.75) is 144 Å². The second-order valence-electron chi connectivity index (χ2n) is 14.5. The van der Waals surface area contributed by atoms with Crippen molar-refractivity contribution in [2.24, 2.45) is 0 Å². The van der Waals surface area contributed by atoms with Gasteiger partial charge in [0.05, 0.1) is 0 Å². The van der Waals surface area contributed by atoms with Crippen LogP contribution in [0.15, 0.2) is 24.3 Å². The summed E-state index contributed by atoms with van der Waals surface area (Å²) in [5.41, 5.74) is 6.84. The van der Waals surface area contributed by atoms with Crippen molar-refractivity contribution in [3.05, 3.63) is 57.6 Å². The van der Waals surface area contributed by atoms with Gasteiger partial charge in [-0.15, -0.1) is 0 Å². The highest BCUT2D eigenvalue weighted by Crippen LogP contribution is 2.41. The average Bonchev–Trinajstić information content (AvgIpc) is 2.70. The smallest absolute Gasteiger partial charge is 0.123 e. The Morgan fingerprint density at radius 1 is 0.500 bits per heavy atom. The molecule has 0 unspecified atom stereocenters. The summed E-state index contributed by atoms with van der Waals surface area (Å²) >= 11 is 0. The zero-order valence-electron chi connectivity index (χ0n) is 26.0. The van der Waals surface area contributed by atoms with Crippen LogP contribution < -0.4 is 0 Å². The number of phenols is 2. The Hall–Kier alpha value is -1.96. The molecular weight excluding hydrogens is 440 g/mol. The fourth-order valence-electron chi connectivity index (χ4n) is 4.40. The van der Waals surface area contributed by atoms with Crippen LogP contribution in [-0.4, -0.2) is 10.2 Å². The van der Waals surface area contributed by atoms with Crippen molar-refractivity contribution in [1.82, 2.24) is 0 Å². The van der Waals surface area contributed by atoms with Gasteiger partial charge in [-0.3, -0.25) is 0 Å². The zero-order chi connectivity index (χ0) is 28.3. The molecule has 0 bridgehead atoms. The minimum Gasteiger partial charge on any atom is -0.507 e. The number of aryl methyl sites for hydroxylation is 2. The van der Waals surface area contributed by atoms with Gasteiger partial charge in [0.1, 0.15) is 11.5 Å². The Morgan fingerprint density at radius 3 is 1.00 bits per heavy atom. The molecule has 0 aliphatic carbocycles. The van der Waals surface area contributed by atoms with Crippen molar-refractivity contribution in [2.75, 3.05) is 0 Å². The van der Waals surface area contributed by atoms with Crippen LogP contribution in [0.5, 0.6) is 11.5 Å². The molecule has 0 heterocycles. The van der Waals surface area contributed by atoms with Gasteiger partial charge >= 0.3 is 0 Å². The third-order valence-corrected chi connectivity index (χ3v) is 6.80. The van der Waals surface area contributed by atoms with Crippen molar-refractivity contribution in [1.29, 1.82) is 0 Å². The third-order valence-electron chi connectivity index (χ3n) is 6.80. The molecule has 2 aromatic rings. The van der Waals surface area contributed by atoms with Crippen molar-refractivity contribution < 1.29 is 10.2 Å². The molecule has 0 fully saturated rings. The summed E-state index contributed by atoms with van der Waals surface area (Å²) in [5.74, 6) is 0.961. The van der Waals surface area contributed by atoms with Crippen LogP contribution in [0.2, 0.25) is 0 Å². The largest absolute Gasteiger partial charge is 0.507 e. The van der Waals surface area contributed by atoms with Crippen molar-refractivity contribution >= 4 is 0 Å². The highest BCUT2D eigenvalue weighted by Gasteiger charge is 2.27. The number of hydrogen-bond acceptors (Lipinski definition) is 2. The van der Waals surface area contributed by atoms with E-state index in [4.69, 9.17) is 0 Å². The summed E-state index contributed by atoms with van der Waals surface area (Å²) in [4.78, 5) is 0. The molecule has 0 atom stereocenters. The molecule has 0 saturated carbocycles. The Labute approximate surface area is 223 Å². The maximum Gasteiger partial charge on any atom is 0.123 e. The van der Waals surface area contributed by atoms with Crippen molar-refractivity contribution in [3.8, 4) is 11.5 Å². The Kier molecular flexibility index (Phi) is 10.3. The van der Waals surface area contributed by atoms with Crippen LogP contribution in [0.4, 0.5) is 0 Å². The molecule has 2 N–H and O–H groups in total. The van der Waals surface area contributed by atoms with Gasteiger partial charge in [-0.25, -0.2) is 0 Å².